The summed E-state index contributed by atoms with van der Waals surface area (Å²) in [7, 11) is -3.24. The van der Waals surface area contributed by atoms with E-state index >= 15 is 0 Å². The van der Waals surface area contributed by atoms with E-state index in [0.29, 0.717) is 16.3 Å². The highest BCUT2D eigenvalue weighted by atomic mass is 32.2. The normalized spacial score (nSPS) is 17.0. The number of fused-ring (bicyclic) bond motifs is 1. The van der Waals surface area contributed by atoms with E-state index in [1.54, 1.807) is 12.1 Å². The minimum Gasteiger partial charge on any atom is -0.312 e. The Labute approximate surface area is 96.1 Å². The molecule has 1 aromatic rings. The molecule has 4 heteroatoms. The number of aryl methyl sites for hydroxylation is 1. The number of likely N-dealkylation sites (N-methyl/N-ethyl adjacent to an activating group) is 1. The molecule has 0 unspecified atom stereocenters. The Morgan fingerprint density at radius 3 is 2.75 bits per heavy atom. The van der Waals surface area contributed by atoms with Gasteiger partial charge in [0, 0.05) is 6.54 Å². The molecule has 1 N–H and O–H groups in total. The van der Waals surface area contributed by atoms with Crippen molar-refractivity contribution in [2.75, 3.05) is 13.1 Å². The molecule has 2 rings (SSSR count). The van der Waals surface area contributed by atoms with Crippen molar-refractivity contribution in [3.8, 4) is 0 Å². The standard InChI is InChI=1S/C12H15NO2S/c1-3-13-8-11-7-10-6-9(2)4-5-12(10)16(11,14)15/h4-7,13H,3,8H2,1-2H3. The molecule has 16 heavy (non-hydrogen) atoms. The monoisotopic (exact) mass is 237 g/mol. The Bertz CT molecular complexity index is 544. The first kappa shape index (κ1) is 11.4. The van der Waals surface area contributed by atoms with E-state index in [-0.39, 0.29) is 0 Å². The number of rotatable bonds is 3. The van der Waals surface area contributed by atoms with Crippen LogP contribution in [0.5, 0.6) is 0 Å². The van der Waals surface area contributed by atoms with Crippen LogP contribution in [-0.4, -0.2) is 21.5 Å². The summed E-state index contributed by atoms with van der Waals surface area (Å²) in [6.45, 7) is 5.09. The fraction of sp³-hybridized carbons (Fsp3) is 0.333. The maximum absolute atomic E-state index is 12.1. The first-order chi connectivity index (χ1) is 7.55. The van der Waals surface area contributed by atoms with E-state index < -0.39 is 9.84 Å². The Hall–Kier alpha value is -1.13. The minimum atomic E-state index is -3.24. The molecule has 86 valence electrons. The van der Waals surface area contributed by atoms with Crippen LogP contribution >= 0.6 is 0 Å². The zero-order chi connectivity index (χ0) is 11.8. The molecule has 1 aliphatic heterocycles. The van der Waals surface area contributed by atoms with Gasteiger partial charge in [-0.15, -0.1) is 0 Å². The lowest BCUT2D eigenvalue weighted by Gasteiger charge is -2.04. The number of nitrogens with one attached hydrogen (secondary N) is 1. The van der Waals surface area contributed by atoms with Crippen LogP contribution in [0.15, 0.2) is 28.0 Å². The van der Waals surface area contributed by atoms with Crippen molar-refractivity contribution in [1.29, 1.82) is 0 Å². The predicted octanol–water partition coefficient (Wildman–Crippen LogP) is 1.73. The zero-order valence-corrected chi connectivity index (χ0v) is 10.3. The van der Waals surface area contributed by atoms with E-state index in [2.05, 4.69) is 5.32 Å². The lowest BCUT2D eigenvalue weighted by atomic mass is 10.1. The summed E-state index contributed by atoms with van der Waals surface area (Å²) in [5, 5.41) is 3.05. The summed E-state index contributed by atoms with van der Waals surface area (Å²) in [5.41, 5.74) is 1.89. The second kappa shape index (κ2) is 4.03. The molecule has 1 aromatic carbocycles. The second-order valence-electron chi connectivity index (χ2n) is 3.94. The van der Waals surface area contributed by atoms with Gasteiger partial charge in [-0.3, -0.25) is 0 Å². The van der Waals surface area contributed by atoms with Crippen molar-refractivity contribution in [3.63, 3.8) is 0 Å². The molecule has 0 spiro atoms. The van der Waals surface area contributed by atoms with E-state index in [0.717, 1.165) is 17.7 Å². The Morgan fingerprint density at radius 2 is 2.06 bits per heavy atom. The number of hydrogen-bond acceptors (Lipinski definition) is 3. The summed E-state index contributed by atoms with van der Waals surface area (Å²) >= 11 is 0. The van der Waals surface area contributed by atoms with E-state index in [1.807, 2.05) is 26.0 Å². The molecule has 0 amide bonds. The van der Waals surface area contributed by atoms with Gasteiger partial charge in [-0.1, -0.05) is 24.6 Å². The first-order valence-corrected chi connectivity index (χ1v) is 6.81. The molecule has 1 aliphatic rings. The van der Waals surface area contributed by atoms with Gasteiger partial charge in [0.2, 0.25) is 9.84 Å². The smallest absolute Gasteiger partial charge is 0.204 e. The molecular formula is C12H15NO2S. The van der Waals surface area contributed by atoms with Crippen LogP contribution in [0.25, 0.3) is 6.08 Å². The third kappa shape index (κ3) is 1.79. The molecule has 0 bridgehead atoms. The molecule has 0 atom stereocenters. The molecule has 0 aromatic heterocycles. The first-order valence-electron chi connectivity index (χ1n) is 5.32. The summed E-state index contributed by atoms with van der Waals surface area (Å²) in [5.74, 6) is 0. The maximum atomic E-state index is 12.1. The van der Waals surface area contributed by atoms with E-state index in [1.165, 1.54) is 0 Å². The lowest BCUT2D eigenvalue weighted by molar-refractivity contribution is 0.601. The number of sulfone groups is 1. The Morgan fingerprint density at radius 1 is 1.31 bits per heavy atom. The summed E-state index contributed by atoms with van der Waals surface area (Å²) in [4.78, 5) is 0.904. The zero-order valence-electron chi connectivity index (χ0n) is 9.45. The van der Waals surface area contributed by atoms with Crippen molar-refractivity contribution in [2.24, 2.45) is 0 Å². The molecule has 0 saturated heterocycles. The highest BCUT2D eigenvalue weighted by Gasteiger charge is 2.28. The Balaban J connectivity index is 2.44. The maximum Gasteiger partial charge on any atom is 0.204 e. The molecule has 0 fully saturated rings. The van der Waals surface area contributed by atoms with Crippen LogP contribution in [0.1, 0.15) is 18.1 Å². The fourth-order valence-electron chi connectivity index (χ4n) is 1.81. The number of hydrogen-bond donors (Lipinski definition) is 1. The van der Waals surface area contributed by atoms with Gasteiger partial charge in [0.15, 0.2) is 0 Å². The lowest BCUT2D eigenvalue weighted by Crippen LogP contribution is -2.19. The van der Waals surface area contributed by atoms with Gasteiger partial charge in [-0.05, 0) is 31.2 Å². The summed E-state index contributed by atoms with van der Waals surface area (Å²) < 4.78 is 24.2. The van der Waals surface area contributed by atoms with Crippen LogP contribution in [0.2, 0.25) is 0 Å². The highest BCUT2D eigenvalue weighted by molar-refractivity contribution is 7.95. The molecule has 1 heterocycles. The quantitative estimate of drug-likeness (QED) is 0.871. The van der Waals surface area contributed by atoms with Gasteiger partial charge in [0.25, 0.3) is 0 Å². The average Bonchev–Trinajstić information content (AvgIpc) is 2.47. The van der Waals surface area contributed by atoms with Gasteiger partial charge in [0.05, 0.1) is 9.80 Å². The average molecular weight is 237 g/mol. The van der Waals surface area contributed by atoms with Crippen LogP contribution in [0, 0.1) is 6.92 Å². The van der Waals surface area contributed by atoms with Gasteiger partial charge >= 0.3 is 0 Å². The summed E-state index contributed by atoms with van der Waals surface area (Å²) in [6.07, 6.45) is 1.76. The summed E-state index contributed by atoms with van der Waals surface area (Å²) in [6, 6.07) is 5.43. The Kier molecular flexibility index (Phi) is 2.86. The van der Waals surface area contributed by atoms with Crippen molar-refractivity contribution < 1.29 is 8.42 Å². The van der Waals surface area contributed by atoms with Crippen molar-refractivity contribution in [1.82, 2.24) is 5.32 Å². The minimum absolute atomic E-state index is 0.409. The molecule has 0 radical (unpaired) electrons. The van der Waals surface area contributed by atoms with E-state index in [4.69, 9.17) is 0 Å². The van der Waals surface area contributed by atoms with Gasteiger partial charge in [0.1, 0.15) is 0 Å². The van der Waals surface area contributed by atoms with Crippen LogP contribution < -0.4 is 5.32 Å². The van der Waals surface area contributed by atoms with Gasteiger partial charge in [-0.25, -0.2) is 8.42 Å². The SMILES string of the molecule is CCNCC1=Cc2cc(C)ccc2S1(=O)=O. The van der Waals surface area contributed by atoms with Gasteiger partial charge in [-0.2, -0.15) is 0 Å². The van der Waals surface area contributed by atoms with Crippen molar-refractivity contribution in [2.45, 2.75) is 18.7 Å². The van der Waals surface area contributed by atoms with Crippen LogP contribution in [0.4, 0.5) is 0 Å². The van der Waals surface area contributed by atoms with E-state index in [9.17, 15) is 8.42 Å². The molecule has 0 aliphatic carbocycles. The third-order valence-corrected chi connectivity index (χ3v) is 4.57. The van der Waals surface area contributed by atoms with Crippen molar-refractivity contribution >= 4 is 15.9 Å². The predicted molar refractivity (Wildman–Crippen MR) is 64.9 cm³/mol. The van der Waals surface area contributed by atoms with Gasteiger partial charge < -0.3 is 5.32 Å². The largest absolute Gasteiger partial charge is 0.312 e. The highest BCUT2D eigenvalue weighted by Crippen LogP contribution is 2.32. The van der Waals surface area contributed by atoms with Crippen LogP contribution in [0.3, 0.4) is 0 Å². The second-order valence-corrected chi connectivity index (χ2v) is 5.91. The molecule has 0 saturated carbocycles. The fourth-order valence-corrected chi connectivity index (χ4v) is 3.34. The number of benzene rings is 1. The molecule has 3 nitrogen and oxygen atoms in total. The topological polar surface area (TPSA) is 46.2 Å². The third-order valence-electron chi connectivity index (χ3n) is 2.67. The van der Waals surface area contributed by atoms with Crippen LogP contribution in [-0.2, 0) is 9.84 Å². The van der Waals surface area contributed by atoms with Crippen molar-refractivity contribution in [3.05, 3.63) is 34.2 Å². The molecular weight excluding hydrogens is 222 g/mol.